The number of anilines is 1. The van der Waals surface area contributed by atoms with Crippen LogP contribution in [0.15, 0.2) is 30.9 Å². The monoisotopic (exact) mass is 346 g/mol. The van der Waals surface area contributed by atoms with Gasteiger partial charge in [-0.15, -0.1) is 6.58 Å². The second-order valence-corrected chi connectivity index (χ2v) is 6.97. The number of ether oxygens (including phenoxy) is 1. The maximum Gasteiger partial charge on any atom is 0.225 e. The lowest BCUT2D eigenvalue weighted by molar-refractivity contribution is -0.116. The Kier molecular flexibility index (Phi) is 6.86. The zero-order chi connectivity index (χ0) is 16.8. The second-order valence-electron chi connectivity index (χ2n) is 4.55. The molecule has 8 heteroatoms. The van der Waals surface area contributed by atoms with Crippen molar-refractivity contribution < 1.29 is 17.9 Å². The van der Waals surface area contributed by atoms with E-state index in [9.17, 15) is 13.2 Å². The Morgan fingerprint density at radius 3 is 2.73 bits per heavy atom. The average Bonchev–Trinajstić information content (AvgIpc) is 2.42. The summed E-state index contributed by atoms with van der Waals surface area (Å²) in [4.78, 5) is 12.0. The topological polar surface area (TPSA) is 75.7 Å². The van der Waals surface area contributed by atoms with Crippen LogP contribution >= 0.6 is 11.6 Å². The molecule has 0 unspecified atom stereocenters. The SMILES string of the molecule is C=CCN(CCC(=O)Nc1cc(Cl)ccc1OC)S(C)(=O)=O. The minimum Gasteiger partial charge on any atom is -0.495 e. The van der Waals surface area contributed by atoms with Gasteiger partial charge >= 0.3 is 0 Å². The van der Waals surface area contributed by atoms with Crippen LogP contribution in [-0.2, 0) is 14.8 Å². The van der Waals surface area contributed by atoms with Gasteiger partial charge in [-0.3, -0.25) is 4.79 Å². The van der Waals surface area contributed by atoms with Gasteiger partial charge in [0.15, 0.2) is 0 Å². The molecule has 0 aliphatic carbocycles. The van der Waals surface area contributed by atoms with Gasteiger partial charge in [0, 0.05) is 24.5 Å². The van der Waals surface area contributed by atoms with Gasteiger partial charge < -0.3 is 10.1 Å². The number of hydrogen-bond donors (Lipinski definition) is 1. The van der Waals surface area contributed by atoms with E-state index >= 15 is 0 Å². The molecule has 0 radical (unpaired) electrons. The molecule has 22 heavy (non-hydrogen) atoms. The van der Waals surface area contributed by atoms with Crippen LogP contribution < -0.4 is 10.1 Å². The lowest BCUT2D eigenvalue weighted by atomic mass is 10.2. The molecule has 0 saturated carbocycles. The number of nitrogens with zero attached hydrogens (tertiary/aromatic N) is 1. The highest BCUT2D eigenvalue weighted by molar-refractivity contribution is 7.88. The molecule has 1 amide bonds. The van der Waals surface area contributed by atoms with Crippen molar-refractivity contribution in [3.63, 3.8) is 0 Å². The first kappa shape index (κ1) is 18.5. The Morgan fingerprint density at radius 2 is 2.18 bits per heavy atom. The van der Waals surface area contributed by atoms with Gasteiger partial charge in [0.2, 0.25) is 15.9 Å². The summed E-state index contributed by atoms with van der Waals surface area (Å²) in [6.45, 7) is 3.73. The summed E-state index contributed by atoms with van der Waals surface area (Å²) >= 11 is 5.88. The highest BCUT2D eigenvalue weighted by atomic mass is 35.5. The second kappa shape index (κ2) is 8.17. The summed E-state index contributed by atoms with van der Waals surface area (Å²) in [6, 6.07) is 4.85. The van der Waals surface area contributed by atoms with E-state index in [1.165, 1.54) is 17.5 Å². The van der Waals surface area contributed by atoms with Crippen LogP contribution in [0.1, 0.15) is 6.42 Å². The van der Waals surface area contributed by atoms with E-state index in [1.54, 1.807) is 18.2 Å². The van der Waals surface area contributed by atoms with Crippen molar-refractivity contribution in [2.24, 2.45) is 0 Å². The molecule has 0 aromatic heterocycles. The Morgan fingerprint density at radius 1 is 1.50 bits per heavy atom. The van der Waals surface area contributed by atoms with Crippen LogP contribution in [0, 0.1) is 0 Å². The largest absolute Gasteiger partial charge is 0.495 e. The van der Waals surface area contributed by atoms with Crippen molar-refractivity contribution in [3.8, 4) is 5.75 Å². The van der Waals surface area contributed by atoms with Gasteiger partial charge in [0.25, 0.3) is 0 Å². The zero-order valence-corrected chi connectivity index (χ0v) is 14.1. The van der Waals surface area contributed by atoms with E-state index < -0.39 is 10.0 Å². The Hall–Kier alpha value is -1.57. The predicted molar refractivity (Wildman–Crippen MR) is 87.9 cm³/mol. The van der Waals surface area contributed by atoms with Crippen molar-refractivity contribution in [1.29, 1.82) is 0 Å². The molecule has 0 fully saturated rings. The molecule has 0 heterocycles. The summed E-state index contributed by atoms with van der Waals surface area (Å²) in [5.41, 5.74) is 0.439. The molecule has 0 aliphatic heterocycles. The number of carbonyl (C=O) groups is 1. The molecular formula is C14H19ClN2O4S. The highest BCUT2D eigenvalue weighted by Crippen LogP contribution is 2.27. The van der Waals surface area contributed by atoms with Gasteiger partial charge in [0.05, 0.1) is 19.1 Å². The summed E-state index contributed by atoms with van der Waals surface area (Å²) in [6.07, 6.45) is 2.57. The maximum atomic E-state index is 12.0. The molecule has 0 aliphatic rings. The van der Waals surface area contributed by atoms with E-state index in [-0.39, 0.29) is 25.4 Å². The number of carbonyl (C=O) groups excluding carboxylic acids is 1. The fraction of sp³-hybridized carbons (Fsp3) is 0.357. The van der Waals surface area contributed by atoms with Gasteiger partial charge in [-0.2, -0.15) is 4.31 Å². The van der Waals surface area contributed by atoms with E-state index in [4.69, 9.17) is 16.3 Å². The van der Waals surface area contributed by atoms with Crippen LogP contribution in [0.25, 0.3) is 0 Å². The average molecular weight is 347 g/mol. The van der Waals surface area contributed by atoms with Crippen LogP contribution in [0.3, 0.4) is 0 Å². The summed E-state index contributed by atoms with van der Waals surface area (Å²) in [7, 11) is -1.90. The van der Waals surface area contributed by atoms with Crippen molar-refractivity contribution >= 4 is 33.2 Å². The molecule has 0 bridgehead atoms. The van der Waals surface area contributed by atoms with Crippen LogP contribution in [0.2, 0.25) is 5.02 Å². The number of rotatable bonds is 8. The highest BCUT2D eigenvalue weighted by Gasteiger charge is 2.17. The summed E-state index contributed by atoms with van der Waals surface area (Å²) in [5.74, 6) is 0.141. The van der Waals surface area contributed by atoms with E-state index in [2.05, 4.69) is 11.9 Å². The lowest BCUT2D eigenvalue weighted by Gasteiger charge is -2.18. The van der Waals surface area contributed by atoms with E-state index in [0.29, 0.717) is 16.5 Å². The Bertz CT molecular complexity index is 646. The first-order chi connectivity index (χ1) is 10.3. The molecule has 1 aromatic rings. The summed E-state index contributed by atoms with van der Waals surface area (Å²) < 4.78 is 29.4. The number of nitrogens with one attached hydrogen (secondary N) is 1. The lowest BCUT2D eigenvalue weighted by Crippen LogP contribution is -2.33. The molecule has 1 aromatic carbocycles. The minimum absolute atomic E-state index is 0.0105. The standard InChI is InChI=1S/C14H19ClN2O4S/c1-4-8-17(22(3,19)20)9-7-14(18)16-12-10-11(15)5-6-13(12)21-2/h4-6,10H,1,7-9H2,2-3H3,(H,16,18). The quantitative estimate of drug-likeness (QED) is 0.731. The molecule has 122 valence electrons. The molecule has 0 atom stereocenters. The maximum absolute atomic E-state index is 12.0. The third-order valence-electron chi connectivity index (χ3n) is 2.83. The fourth-order valence-corrected chi connectivity index (χ4v) is 2.72. The van der Waals surface area contributed by atoms with Gasteiger partial charge in [-0.05, 0) is 18.2 Å². The van der Waals surface area contributed by atoms with Crippen molar-refractivity contribution in [1.82, 2.24) is 4.31 Å². The van der Waals surface area contributed by atoms with E-state index in [1.807, 2.05) is 0 Å². The molecular weight excluding hydrogens is 328 g/mol. The van der Waals surface area contributed by atoms with Crippen molar-refractivity contribution in [2.75, 3.05) is 31.8 Å². The first-order valence-electron chi connectivity index (χ1n) is 6.47. The molecule has 1 N–H and O–H groups in total. The molecule has 0 saturated heterocycles. The number of sulfonamides is 1. The number of hydrogen-bond acceptors (Lipinski definition) is 4. The predicted octanol–water partition coefficient (Wildman–Crippen LogP) is 2.12. The van der Waals surface area contributed by atoms with Gasteiger partial charge in [-0.25, -0.2) is 8.42 Å². The third kappa shape index (κ3) is 5.67. The minimum atomic E-state index is -3.38. The number of methoxy groups -OCH3 is 1. The Labute approximate surface area is 135 Å². The van der Waals surface area contributed by atoms with Crippen molar-refractivity contribution in [2.45, 2.75) is 6.42 Å². The molecule has 6 nitrogen and oxygen atoms in total. The third-order valence-corrected chi connectivity index (χ3v) is 4.33. The fourth-order valence-electron chi connectivity index (χ4n) is 1.75. The Balaban J connectivity index is 2.70. The van der Waals surface area contributed by atoms with Crippen molar-refractivity contribution in [3.05, 3.63) is 35.9 Å². The van der Waals surface area contributed by atoms with E-state index in [0.717, 1.165) is 6.26 Å². The van der Waals surface area contributed by atoms with Gasteiger partial charge in [0.1, 0.15) is 5.75 Å². The number of benzene rings is 1. The smallest absolute Gasteiger partial charge is 0.225 e. The van der Waals surface area contributed by atoms with Crippen LogP contribution in [-0.4, -0.2) is 45.1 Å². The molecule has 1 rings (SSSR count). The first-order valence-corrected chi connectivity index (χ1v) is 8.70. The number of halogens is 1. The normalized spacial score (nSPS) is 11.3. The zero-order valence-electron chi connectivity index (χ0n) is 12.5. The molecule has 0 spiro atoms. The van der Waals surface area contributed by atoms with Crippen LogP contribution in [0.4, 0.5) is 5.69 Å². The van der Waals surface area contributed by atoms with Gasteiger partial charge in [-0.1, -0.05) is 17.7 Å². The van der Waals surface area contributed by atoms with Crippen LogP contribution in [0.5, 0.6) is 5.75 Å². The number of amides is 1. The summed E-state index contributed by atoms with van der Waals surface area (Å²) in [5, 5.41) is 3.11.